The fraction of sp³-hybridized carbons (Fsp3) is 0. The van der Waals surface area contributed by atoms with Crippen LogP contribution in [-0.4, -0.2) is 25.1 Å². The van der Waals surface area contributed by atoms with Crippen LogP contribution in [0.2, 0.25) is 0 Å². The fourth-order valence-corrected chi connectivity index (χ4v) is 2.07. The highest BCUT2D eigenvalue weighted by molar-refractivity contribution is 5.84. The molecule has 5 nitrogen and oxygen atoms in total. The van der Waals surface area contributed by atoms with Gasteiger partial charge in [0.1, 0.15) is 5.82 Å². The van der Waals surface area contributed by atoms with Crippen LogP contribution in [0.1, 0.15) is 0 Å². The number of hydrogen-bond acceptors (Lipinski definition) is 3. The highest BCUT2D eigenvalue weighted by Gasteiger charge is 2.06. The van der Waals surface area contributed by atoms with Crippen molar-refractivity contribution in [1.82, 2.24) is 25.1 Å². The third-order valence-corrected chi connectivity index (χ3v) is 2.97. The predicted octanol–water partition coefficient (Wildman–Crippen LogP) is 2.50. The molecule has 2 N–H and O–H groups in total. The average molecular weight is 235 g/mol. The first-order valence-corrected chi connectivity index (χ1v) is 5.64. The number of pyridine rings is 1. The summed E-state index contributed by atoms with van der Waals surface area (Å²) in [7, 11) is 0. The zero-order valence-electron chi connectivity index (χ0n) is 9.38. The molecule has 0 aliphatic rings. The second-order valence-corrected chi connectivity index (χ2v) is 4.13. The van der Waals surface area contributed by atoms with Gasteiger partial charge in [-0.1, -0.05) is 0 Å². The topological polar surface area (TPSA) is 70.2 Å². The number of aromatic nitrogens is 5. The lowest BCUT2D eigenvalue weighted by Gasteiger charge is -1.95. The first-order chi connectivity index (χ1) is 8.90. The van der Waals surface area contributed by atoms with E-state index in [0.717, 1.165) is 33.5 Å². The Labute approximate surface area is 102 Å². The molecule has 4 rings (SSSR count). The van der Waals surface area contributed by atoms with Crippen molar-refractivity contribution in [1.29, 1.82) is 0 Å². The number of benzene rings is 1. The summed E-state index contributed by atoms with van der Waals surface area (Å²) in [6.45, 7) is 0. The predicted molar refractivity (Wildman–Crippen MR) is 69.0 cm³/mol. The van der Waals surface area contributed by atoms with Gasteiger partial charge >= 0.3 is 0 Å². The van der Waals surface area contributed by atoms with E-state index in [2.05, 4.69) is 31.2 Å². The summed E-state index contributed by atoms with van der Waals surface area (Å²) in [4.78, 5) is 12.0. The number of fused-ring (bicyclic) bond motifs is 2. The zero-order valence-corrected chi connectivity index (χ0v) is 9.38. The average Bonchev–Trinajstić information content (AvgIpc) is 3.04. The Morgan fingerprint density at radius 1 is 1.06 bits per heavy atom. The minimum Gasteiger partial charge on any atom is -0.337 e. The lowest BCUT2D eigenvalue weighted by Crippen LogP contribution is -1.80. The van der Waals surface area contributed by atoms with Gasteiger partial charge in [-0.25, -0.2) is 9.97 Å². The van der Waals surface area contributed by atoms with Crippen LogP contribution in [0.4, 0.5) is 0 Å². The number of H-pyrrole nitrogens is 2. The summed E-state index contributed by atoms with van der Waals surface area (Å²) in [5.41, 5.74) is 3.73. The molecular formula is C13H9N5. The largest absolute Gasteiger partial charge is 0.337 e. The van der Waals surface area contributed by atoms with E-state index in [1.54, 1.807) is 12.4 Å². The molecule has 0 fully saturated rings. The van der Waals surface area contributed by atoms with Gasteiger partial charge in [0.2, 0.25) is 0 Å². The van der Waals surface area contributed by atoms with Crippen molar-refractivity contribution in [2.45, 2.75) is 0 Å². The maximum Gasteiger partial charge on any atom is 0.178 e. The molecule has 0 unspecified atom stereocenters. The number of rotatable bonds is 1. The Morgan fingerprint density at radius 2 is 2.06 bits per heavy atom. The van der Waals surface area contributed by atoms with Gasteiger partial charge in [-0.05, 0) is 30.3 Å². The van der Waals surface area contributed by atoms with E-state index in [9.17, 15) is 0 Å². The molecule has 18 heavy (non-hydrogen) atoms. The maximum atomic E-state index is 4.48. The van der Waals surface area contributed by atoms with Crippen molar-refractivity contribution in [3.8, 4) is 11.4 Å². The van der Waals surface area contributed by atoms with Gasteiger partial charge in [0.15, 0.2) is 5.65 Å². The number of imidazole rings is 1. The van der Waals surface area contributed by atoms with E-state index in [4.69, 9.17) is 0 Å². The van der Waals surface area contributed by atoms with E-state index in [-0.39, 0.29) is 0 Å². The molecule has 5 heteroatoms. The molecule has 0 saturated heterocycles. The molecule has 0 spiro atoms. The van der Waals surface area contributed by atoms with E-state index in [1.807, 2.05) is 24.3 Å². The smallest absolute Gasteiger partial charge is 0.178 e. The van der Waals surface area contributed by atoms with Crippen LogP contribution in [0.25, 0.3) is 33.5 Å². The molecule has 0 aliphatic heterocycles. The van der Waals surface area contributed by atoms with Crippen molar-refractivity contribution in [2.75, 3.05) is 0 Å². The van der Waals surface area contributed by atoms with Gasteiger partial charge in [-0.2, -0.15) is 5.10 Å². The van der Waals surface area contributed by atoms with E-state index < -0.39 is 0 Å². The third kappa shape index (κ3) is 1.31. The van der Waals surface area contributed by atoms with Crippen molar-refractivity contribution in [3.63, 3.8) is 0 Å². The Morgan fingerprint density at radius 3 is 3.00 bits per heavy atom. The third-order valence-electron chi connectivity index (χ3n) is 2.97. The normalized spacial score (nSPS) is 11.3. The SMILES string of the molecule is c1cnc2nc(-c3ccc4[nH]ncc4c3)[nH]c2c1. The second-order valence-electron chi connectivity index (χ2n) is 4.13. The van der Waals surface area contributed by atoms with Crippen LogP contribution in [0, 0.1) is 0 Å². The molecule has 86 valence electrons. The highest BCUT2D eigenvalue weighted by atomic mass is 15.1. The van der Waals surface area contributed by atoms with E-state index >= 15 is 0 Å². The first kappa shape index (κ1) is 9.35. The van der Waals surface area contributed by atoms with Crippen molar-refractivity contribution in [3.05, 3.63) is 42.7 Å². The quantitative estimate of drug-likeness (QED) is 0.532. The van der Waals surface area contributed by atoms with Crippen LogP contribution < -0.4 is 0 Å². The molecule has 3 heterocycles. The zero-order chi connectivity index (χ0) is 11.9. The minimum atomic E-state index is 0.736. The number of hydrogen-bond donors (Lipinski definition) is 2. The lowest BCUT2D eigenvalue weighted by molar-refractivity contribution is 1.12. The first-order valence-electron chi connectivity index (χ1n) is 5.64. The van der Waals surface area contributed by atoms with Crippen molar-refractivity contribution in [2.24, 2.45) is 0 Å². The Bertz CT molecular complexity index is 809. The molecule has 1 aromatic carbocycles. The van der Waals surface area contributed by atoms with Crippen LogP contribution in [-0.2, 0) is 0 Å². The molecule has 0 saturated carbocycles. The molecular weight excluding hydrogens is 226 g/mol. The molecule has 0 amide bonds. The molecule has 3 aromatic heterocycles. The van der Waals surface area contributed by atoms with Crippen molar-refractivity contribution < 1.29 is 0 Å². The van der Waals surface area contributed by atoms with Crippen molar-refractivity contribution >= 4 is 22.1 Å². The Kier molecular flexibility index (Phi) is 1.77. The summed E-state index contributed by atoms with van der Waals surface area (Å²) >= 11 is 0. The summed E-state index contributed by atoms with van der Waals surface area (Å²) < 4.78 is 0. The minimum absolute atomic E-state index is 0.736. The summed E-state index contributed by atoms with van der Waals surface area (Å²) in [5.74, 6) is 0.826. The highest BCUT2D eigenvalue weighted by Crippen LogP contribution is 2.22. The van der Waals surface area contributed by atoms with Gasteiger partial charge < -0.3 is 4.98 Å². The molecule has 0 atom stereocenters. The van der Waals surface area contributed by atoms with Crippen LogP contribution in [0.5, 0.6) is 0 Å². The maximum absolute atomic E-state index is 4.48. The van der Waals surface area contributed by atoms with Crippen LogP contribution in [0.15, 0.2) is 42.7 Å². The van der Waals surface area contributed by atoms with Crippen LogP contribution in [0.3, 0.4) is 0 Å². The molecule has 0 radical (unpaired) electrons. The standard InChI is InChI=1S/C13H9N5/c1-2-11-13(14-5-1)17-12(16-11)8-3-4-10-9(6-8)7-15-18-10/h1-7H,(H,15,18)(H,14,16,17). The van der Waals surface area contributed by atoms with Gasteiger partial charge in [0, 0.05) is 17.1 Å². The summed E-state index contributed by atoms with van der Waals surface area (Å²) in [6.07, 6.45) is 3.55. The molecule has 0 bridgehead atoms. The lowest BCUT2D eigenvalue weighted by atomic mass is 10.1. The van der Waals surface area contributed by atoms with E-state index in [0.29, 0.717) is 0 Å². The Hall–Kier alpha value is -2.69. The molecule has 4 aromatic rings. The van der Waals surface area contributed by atoms with Gasteiger partial charge in [0.05, 0.1) is 17.2 Å². The van der Waals surface area contributed by atoms with Crippen LogP contribution >= 0.6 is 0 Å². The molecule has 0 aliphatic carbocycles. The number of nitrogens with one attached hydrogen (secondary N) is 2. The Balaban J connectivity index is 1.94. The number of aromatic amines is 2. The second kappa shape index (κ2) is 3.40. The fourth-order valence-electron chi connectivity index (χ4n) is 2.07. The van der Waals surface area contributed by atoms with Gasteiger partial charge in [-0.15, -0.1) is 0 Å². The summed E-state index contributed by atoms with van der Waals surface area (Å²) in [5, 5.41) is 8.01. The van der Waals surface area contributed by atoms with Gasteiger partial charge in [-0.3, -0.25) is 5.10 Å². The summed E-state index contributed by atoms with van der Waals surface area (Å²) in [6, 6.07) is 9.92. The monoisotopic (exact) mass is 235 g/mol. The number of nitrogens with zero attached hydrogens (tertiary/aromatic N) is 3. The van der Waals surface area contributed by atoms with Gasteiger partial charge in [0.25, 0.3) is 0 Å². The van der Waals surface area contributed by atoms with E-state index in [1.165, 1.54) is 0 Å².